The summed E-state index contributed by atoms with van der Waals surface area (Å²) in [6.07, 6.45) is 15.2. The number of hydrogen-bond acceptors (Lipinski definition) is 6. The molecule has 0 amide bonds. The number of nitrogens with zero attached hydrogens (tertiary/aromatic N) is 3. The quantitative estimate of drug-likeness (QED) is 0.408. The van der Waals surface area contributed by atoms with E-state index in [0.717, 1.165) is 72.4 Å². The first-order valence-electron chi connectivity index (χ1n) is 12.4. The molecule has 7 heteroatoms. The molecule has 1 atom stereocenters. The molecule has 2 aromatic heterocycles. The van der Waals surface area contributed by atoms with E-state index in [-0.39, 0.29) is 6.10 Å². The molecule has 3 aromatic rings. The lowest BCUT2D eigenvalue weighted by molar-refractivity contribution is 0.164. The molecule has 4 heterocycles. The van der Waals surface area contributed by atoms with Gasteiger partial charge in [0, 0.05) is 42.3 Å². The van der Waals surface area contributed by atoms with E-state index in [9.17, 15) is 0 Å². The topological polar surface area (TPSA) is 60.6 Å². The Labute approximate surface area is 215 Å². The molecule has 184 valence electrons. The van der Waals surface area contributed by atoms with Crippen molar-refractivity contribution in [1.29, 1.82) is 0 Å². The lowest BCUT2D eigenvalue weighted by Gasteiger charge is -2.30. The summed E-state index contributed by atoms with van der Waals surface area (Å²) in [5.41, 5.74) is 4.88. The average Bonchev–Trinajstić information content (AvgIpc) is 3.28. The minimum Gasteiger partial charge on any atom is -0.438 e. The molecule has 0 saturated carbocycles. The minimum atomic E-state index is -0.135. The number of halogens is 1. The number of likely N-dealkylation sites (tertiary alicyclic amines) is 1. The van der Waals surface area contributed by atoms with E-state index in [4.69, 9.17) is 25.6 Å². The van der Waals surface area contributed by atoms with Gasteiger partial charge < -0.3 is 18.9 Å². The van der Waals surface area contributed by atoms with Crippen molar-refractivity contribution in [3.63, 3.8) is 0 Å². The Bertz CT molecular complexity index is 1400. The summed E-state index contributed by atoms with van der Waals surface area (Å²) in [6.45, 7) is 3.07. The van der Waals surface area contributed by atoms with Crippen molar-refractivity contribution < 1.29 is 14.0 Å². The van der Waals surface area contributed by atoms with Crippen LogP contribution in [0.2, 0.25) is 5.02 Å². The SMILES string of the molecule is COC1C=CC=C2Oc3ncccc3C(=CCCN3CCC(c4noc5c(Cl)cccc45)CC3)C=C21. The summed E-state index contributed by atoms with van der Waals surface area (Å²) in [4.78, 5) is 7.02. The fourth-order valence-electron chi connectivity index (χ4n) is 5.32. The third-order valence-electron chi connectivity index (χ3n) is 7.24. The van der Waals surface area contributed by atoms with Crippen molar-refractivity contribution in [1.82, 2.24) is 15.0 Å². The highest BCUT2D eigenvalue weighted by molar-refractivity contribution is 6.34. The summed E-state index contributed by atoms with van der Waals surface area (Å²) in [5, 5.41) is 6.04. The highest BCUT2D eigenvalue weighted by atomic mass is 35.5. The van der Waals surface area contributed by atoms with Crippen LogP contribution in [0.1, 0.15) is 36.4 Å². The van der Waals surface area contributed by atoms with E-state index in [0.29, 0.717) is 22.4 Å². The Balaban J connectivity index is 1.15. The zero-order valence-electron chi connectivity index (χ0n) is 20.2. The number of benzene rings is 1. The van der Waals surface area contributed by atoms with Crippen LogP contribution in [-0.2, 0) is 4.74 Å². The number of rotatable bonds is 5. The predicted octanol–water partition coefficient (Wildman–Crippen LogP) is 6.32. The molecule has 1 unspecified atom stereocenters. The van der Waals surface area contributed by atoms with Crippen LogP contribution in [0, 0.1) is 0 Å². The molecule has 1 saturated heterocycles. The fourth-order valence-corrected chi connectivity index (χ4v) is 5.53. The molecule has 0 N–H and O–H groups in total. The van der Waals surface area contributed by atoms with Gasteiger partial charge in [0.05, 0.1) is 10.7 Å². The van der Waals surface area contributed by atoms with Crippen molar-refractivity contribution >= 4 is 28.1 Å². The monoisotopic (exact) mass is 501 g/mol. The number of piperidine rings is 1. The van der Waals surface area contributed by atoms with Crippen LogP contribution in [0.3, 0.4) is 0 Å². The van der Waals surface area contributed by atoms with Crippen LogP contribution < -0.4 is 4.74 Å². The average molecular weight is 502 g/mol. The number of fused-ring (bicyclic) bond motifs is 3. The highest BCUT2D eigenvalue weighted by Crippen LogP contribution is 2.37. The van der Waals surface area contributed by atoms with E-state index in [1.807, 2.05) is 36.4 Å². The van der Waals surface area contributed by atoms with Gasteiger partial charge in [-0.3, -0.25) is 0 Å². The van der Waals surface area contributed by atoms with Crippen molar-refractivity contribution in [3.8, 4) is 5.88 Å². The second-order valence-electron chi connectivity index (χ2n) is 9.38. The maximum absolute atomic E-state index is 6.27. The standard InChI is InChI=1S/C29H28ClN3O3/c1-34-25-10-3-11-26-23(25)18-20(21-8-4-14-31-29(21)35-26)6-5-15-33-16-12-19(13-17-33)27-22-7-2-9-24(30)28(22)36-32-27/h2-4,6-11,14,18-19,25H,5,12-13,15-17H2,1H3. The lowest BCUT2D eigenvalue weighted by atomic mass is 9.91. The third kappa shape index (κ3) is 4.41. The van der Waals surface area contributed by atoms with Crippen molar-refractivity contribution in [2.75, 3.05) is 26.7 Å². The number of ether oxygens (including phenoxy) is 2. The van der Waals surface area contributed by atoms with Gasteiger partial charge in [0.25, 0.3) is 0 Å². The van der Waals surface area contributed by atoms with Crippen LogP contribution in [0.15, 0.2) is 82.8 Å². The minimum absolute atomic E-state index is 0.135. The number of aromatic nitrogens is 2. The van der Waals surface area contributed by atoms with Gasteiger partial charge in [0.2, 0.25) is 5.88 Å². The molecule has 1 fully saturated rings. The van der Waals surface area contributed by atoms with E-state index in [2.05, 4.69) is 39.3 Å². The van der Waals surface area contributed by atoms with Crippen molar-refractivity contribution in [3.05, 3.63) is 94.5 Å². The van der Waals surface area contributed by atoms with Crippen LogP contribution in [0.25, 0.3) is 16.5 Å². The van der Waals surface area contributed by atoms with Crippen molar-refractivity contribution in [2.45, 2.75) is 31.3 Å². The Kier molecular flexibility index (Phi) is 6.48. The van der Waals surface area contributed by atoms with Crippen LogP contribution in [0.4, 0.5) is 0 Å². The summed E-state index contributed by atoms with van der Waals surface area (Å²) >= 11 is 6.27. The maximum Gasteiger partial charge on any atom is 0.227 e. The largest absolute Gasteiger partial charge is 0.438 e. The molecule has 0 bridgehead atoms. The number of allylic oxidation sites excluding steroid dienone is 4. The van der Waals surface area contributed by atoms with Gasteiger partial charge >= 0.3 is 0 Å². The fraction of sp³-hybridized carbons (Fsp3) is 0.310. The molecule has 2 aliphatic heterocycles. The normalized spacial score (nSPS) is 21.5. The van der Waals surface area contributed by atoms with Gasteiger partial charge in [-0.1, -0.05) is 41.1 Å². The first-order valence-corrected chi connectivity index (χ1v) is 12.8. The number of hydrogen-bond donors (Lipinski definition) is 0. The molecule has 6 rings (SSSR count). The Morgan fingerprint density at radius 1 is 1.19 bits per heavy atom. The first-order chi connectivity index (χ1) is 17.7. The van der Waals surface area contributed by atoms with E-state index >= 15 is 0 Å². The molecule has 3 aliphatic rings. The Hall–Kier alpha value is -3.19. The highest BCUT2D eigenvalue weighted by Gasteiger charge is 2.27. The van der Waals surface area contributed by atoms with E-state index in [1.165, 1.54) is 0 Å². The molecule has 1 aliphatic carbocycles. The van der Waals surface area contributed by atoms with Crippen LogP contribution >= 0.6 is 11.6 Å². The second kappa shape index (κ2) is 10.1. The summed E-state index contributed by atoms with van der Waals surface area (Å²) in [7, 11) is 1.72. The van der Waals surface area contributed by atoms with E-state index in [1.54, 1.807) is 13.3 Å². The number of pyridine rings is 1. The van der Waals surface area contributed by atoms with Gasteiger partial charge in [-0.2, -0.15) is 0 Å². The van der Waals surface area contributed by atoms with Gasteiger partial charge in [0.15, 0.2) is 5.58 Å². The molecular formula is C29H28ClN3O3. The van der Waals surface area contributed by atoms with Crippen LogP contribution in [-0.4, -0.2) is 47.9 Å². The number of methoxy groups -OCH3 is 1. The molecule has 6 nitrogen and oxygen atoms in total. The second-order valence-corrected chi connectivity index (χ2v) is 9.79. The van der Waals surface area contributed by atoms with Crippen LogP contribution in [0.5, 0.6) is 5.88 Å². The van der Waals surface area contributed by atoms with Gasteiger partial charge in [-0.15, -0.1) is 0 Å². The van der Waals surface area contributed by atoms with Crippen molar-refractivity contribution in [2.24, 2.45) is 0 Å². The molecular weight excluding hydrogens is 474 g/mol. The smallest absolute Gasteiger partial charge is 0.227 e. The van der Waals surface area contributed by atoms with E-state index < -0.39 is 0 Å². The summed E-state index contributed by atoms with van der Waals surface area (Å²) in [6, 6.07) is 9.89. The molecule has 36 heavy (non-hydrogen) atoms. The maximum atomic E-state index is 6.27. The predicted molar refractivity (Wildman–Crippen MR) is 141 cm³/mol. The summed E-state index contributed by atoms with van der Waals surface area (Å²) < 4.78 is 17.4. The summed E-state index contributed by atoms with van der Waals surface area (Å²) in [5.74, 6) is 1.82. The van der Waals surface area contributed by atoms with Gasteiger partial charge in [-0.05, 0) is 74.3 Å². The number of para-hydroxylation sites is 1. The first kappa shape index (κ1) is 23.2. The zero-order chi connectivity index (χ0) is 24.5. The Morgan fingerprint density at radius 2 is 2.08 bits per heavy atom. The lowest BCUT2D eigenvalue weighted by Crippen LogP contribution is -2.33. The molecule has 0 spiro atoms. The zero-order valence-corrected chi connectivity index (χ0v) is 20.9. The molecule has 1 aromatic carbocycles. The van der Waals surface area contributed by atoms with Gasteiger partial charge in [0.1, 0.15) is 11.9 Å². The molecule has 0 radical (unpaired) electrons. The Morgan fingerprint density at radius 3 is 2.94 bits per heavy atom. The van der Waals surface area contributed by atoms with Gasteiger partial charge in [-0.25, -0.2) is 4.98 Å². The third-order valence-corrected chi connectivity index (χ3v) is 7.54.